The van der Waals surface area contributed by atoms with Crippen molar-refractivity contribution < 1.29 is 81.4 Å². The van der Waals surface area contributed by atoms with Crippen LogP contribution < -0.4 is 50.9 Å². The van der Waals surface area contributed by atoms with Crippen molar-refractivity contribution in [3.05, 3.63) is 0 Å². The van der Waals surface area contributed by atoms with E-state index in [0.29, 0.717) is 0 Å². The minimum atomic E-state index is 0. The van der Waals surface area contributed by atoms with E-state index < -0.39 is 0 Å². The first-order chi connectivity index (χ1) is 0. The second kappa shape index (κ2) is 63.6. The molecule has 0 aliphatic rings. The van der Waals surface area contributed by atoms with Gasteiger partial charge in [0.25, 0.3) is 0 Å². The van der Waals surface area contributed by atoms with Crippen LogP contribution in [0.3, 0.4) is 0 Å². The summed E-state index contributed by atoms with van der Waals surface area (Å²) >= 11 is 0. The maximum absolute atomic E-state index is 0. The van der Waals surface area contributed by atoms with Crippen LogP contribution in [0.2, 0.25) is 0 Å². The molecule has 0 aromatic heterocycles. The molecule has 47 valence electrons. The summed E-state index contributed by atoms with van der Waals surface area (Å²) in [5.74, 6) is 0. The van der Waals surface area contributed by atoms with E-state index in [1.807, 2.05) is 0 Å². The molecule has 0 aliphatic heterocycles. The maximum atomic E-state index is 0. The van der Waals surface area contributed by atoms with E-state index in [1.165, 1.54) is 0 Å². The summed E-state index contributed by atoms with van der Waals surface area (Å²) in [6, 6.07) is 0. The van der Waals surface area contributed by atoms with Crippen LogP contribution in [0.1, 0.15) is 0 Å². The Morgan fingerprint density at radius 1 is 0.500 bits per heavy atom. The Morgan fingerprint density at radius 2 is 0.500 bits per heavy atom. The molecule has 0 atom stereocenters. The molecule has 0 fully saturated rings. The second-order valence-corrected chi connectivity index (χ2v) is 0. The quantitative estimate of drug-likeness (QED) is 0.376. The van der Waals surface area contributed by atoms with Crippen LogP contribution in [0.4, 0.5) is 0 Å². The van der Waals surface area contributed by atoms with Gasteiger partial charge < -0.3 is 61.9 Å². The fourth-order valence-corrected chi connectivity index (χ4v) is 0. The van der Waals surface area contributed by atoms with Gasteiger partial charge in [-0.15, -0.1) is 0 Å². The summed E-state index contributed by atoms with van der Waals surface area (Å²) < 4.78 is 0. The van der Waals surface area contributed by atoms with Crippen LogP contribution in [-0.2, 0) is 19.5 Å². The van der Waals surface area contributed by atoms with E-state index >= 15 is 0 Å². The Hall–Kier alpha value is 1.98. The molecule has 0 spiro atoms. The van der Waals surface area contributed by atoms with Crippen molar-refractivity contribution in [3.63, 3.8) is 0 Å². The monoisotopic (exact) mass is 376 g/mol. The molecular weight excluding hydrogens is 375 g/mol. The normalized spacial score (nSPS) is 0. The van der Waals surface area contributed by atoms with E-state index in [2.05, 4.69) is 0 Å². The van der Waals surface area contributed by atoms with Gasteiger partial charge in [-0.3, -0.25) is 0 Å². The molecule has 0 aromatic carbocycles. The molecule has 0 heterocycles. The number of hydrogen-bond acceptors (Lipinski definition) is 0. The number of rotatable bonds is 0. The van der Waals surface area contributed by atoms with Crippen LogP contribution >= 0.6 is 0 Å². The van der Waals surface area contributed by atoms with E-state index in [4.69, 9.17) is 0 Å². The maximum Gasteiger partial charge on any atom is 2.00 e. The zero-order valence-corrected chi connectivity index (χ0v) is 8.86. The van der Waals surface area contributed by atoms with Gasteiger partial charge in [0.1, 0.15) is 0 Å². The van der Waals surface area contributed by atoms with Gasteiger partial charge in [-0.1, -0.05) is 0 Å². The molecule has 0 saturated carbocycles. The van der Waals surface area contributed by atoms with Gasteiger partial charge in [0.15, 0.2) is 0 Å². The van der Waals surface area contributed by atoms with Crippen molar-refractivity contribution in [1.29, 1.82) is 0 Å². The fourth-order valence-electron chi connectivity index (χ4n) is 0. The Morgan fingerprint density at radius 3 is 0.500 bits per heavy atom. The van der Waals surface area contributed by atoms with Crippen molar-refractivity contribution in [1.82, 2.24) is 0 Å². The Bertz CT molecular complexity index is 8.75. The molecule has 4 N–H and O–H groups in total. The fraction of sp³-hybridized carbons (Fsp3) is 0. The average molecular weight is 379 g/mol. The Balaban J connectivity index is 0. The molecule has 0 aromatic rings. The van der Waals surface area contributed by atoms with E-state index in [0.717, 1.165) is 0 Å². The number of halogens is 3. The van der Waals surface area contributed by atoms with Gasteiger partial charge in [-0.2, -0.15) is 0 Å². The van der Waals surface area contributed by atoms with Gasteiger partial charge in [0.2, 0.25) is 0 Å². The summed E-state index contributed by atoms with van der Waals surface area (Å²) in [6.45, 7) is 0. The summed E-state index contributed by atoms with van der Waals surface area (Å²) in [5.41, 5.74) is 0. The van der Waals surface area contributed by atoms with E-state index in [1.54, 1.807) is 0 Å². The standard InChI is InChI=1S/3BrH.2H2O.Rh/h3*1H;2*1H2;/q;;;;;+2/p-3. The predicted octanol–water partition coefficient (Wildman–Crippen LogP) is -10.6. The van der Waals surface area contributed by atoms with Gasteiger partial charge in [-0.25, -0.2) is 0 Å². The molecule has 0 aliphatic carbocycles. The molecule has 6 heteroatoms. The van der Waals surface area contributed by atoms with Crippen molar-refractivity contribution in [2.45, 2.75) is 0 Å². The van der Waals surface area contributed by atoms with Crippen molar-refractivity contribution in [3.8, 4) is 0 Å². The largest absolute Gasteiger partial charge is 2.00 e. The van der Waals surface area contributed by atoms with Crippen molar-refractivity contribution in [2.75, 3.05) is 0 Å². The van der Waals surface area contributed by atoms with Crippen LogP contribution in [0.5, 0.6) is 0 Å². The van der Waals surface area contributed by atoms with Gasteiger partial charge >= 0.3 is 19.5 Å². The second-order valence-electron chi connectivity index (χ2n) is 0. The first-order valence-corrected chi connectivity index (χ1v) is 0. The smallest absolute Gasteiger partial charge is 1.00 e. The van der Waals surface area contributed by atoms with E-state index in [-0.39, 0.29) is 81.4 Å². The van der Waals surface area contributed by atoms with E-state index in [9.17, 15) is 0 Å². The minimum Gasteiger partial charge on any atom is -1.00 e. The van der Waals surface area contributed by atoms with Crippen LogP contribution in [-0.4, -0.2) is 11.0 Å². The zero-order chi connectivity index (χ0) is 0. The van der Waals surface area contributed by atoms with Gasteiger partial charge in [0, 0.05) is 0 Å². The average Bonchev–Trinajstić information content (AvgIpc) is 0. The summed E-state index contributed by atoms with van der Waals surface area (Å²) in [5, 5.41) is 0. The number of hydrogen-bond donors (Lipinski definition) is 0. The van der Waals surface area contributed by atoms with Crippen LogP contribution in [0.15, 0.2) is 0 Å². The first kappa shape index (κ1) is 99.0. The molecule has 0 bridgehead atoms. The minimum absolute atomic E-state index is 0. The molecule has 0 saturated heterocycles. The molecule has 0 rings (SSSR count). The summed E-state index contributed by atoms with van der Waals surface area (Å²) in [6.07, 6.45) is 0. The third kappa shape index (κ3) is 37.8. The van der Waals surface area contributed by atoms with Gasteiger partial charge in [-0.05, 0) is 0 Å². The topological polar surface area (TPSA) is 63.0 Å². The van der Waals surface area contributed by atoms with Crippen LogP contribution in [0.25, 0.3) is 0 Å². The molecule has 6 heavy (non-hydrogen) atoms. The SMILES string of the molecule is O.O.[Br-].[Br-].[Br-].[Rh+2]. The molecule has 0 unspecified atom stereocenters. The third-order valence-corrected chi connectivity index (χ3v) is 0. The Kier molecular flexibility index (Phi) is 1050. The van der Waals surface area contributed by atoms with Crippen molar-refractivity contribution >= 4 is 0 Å². The summed E-state index contributed by atoms with van der Waals surface area (Å²) in [4.78, 5) is 0. The molecular formula is H4Br3O2Rh-. The summed E-state index contributed by atoms with van der Waals surface area (Å²) in [7, 11) is 0. The van der Waals surface area contributed by atoms with Crippen molar-refractivity contribution in [2.24, 2.45) is 0 Å². The molecule has 2 nitrogen and oxygen atoms in total. The first-order valence-electron chi connectivity index (χ1n) is 0. The van der Waals surface area contributed by atoms with Gasteiger partial charge in [0.05, 0.1) is 0 Å². The zero-order valence-electron chi connectivity index (χ0n) is 2.47. The third-order valence-electron chi connectivity index (χ3n) is 0. The Labute approximate surface area is 80.8 Å². The molecule has 1 radical (unpaired) electrons. The predicted molar refractivity (Wildman–Crippen MR) is 7.23 cm³/mol. The van der Waals surface area contributed by atoms with Crippen LogP contribution in [0, 0.1) is 0 Å². The molecule has 0 amide bonds.